The van der Waals surface area contributed by atoms with Crippen molar-refractivity contribution in [3.8, 4) is 5.75 Å². The number of halogens is 5. The van der Waals surface area contributed by atoms with Gasteiger partial charge in [0.05, 0.1) is 6.04 Å². The van der Waals surface area contributed by atoms with E-state index in [4.69, 9.17) is 5.73 Å². The van der Waals surface area contributed by atoms with Crippen LogP contribution in [0.4, 0.5) is 22.0 Å². The van der Waals surface area contributed by atoms with E-state index in [1.54, 1.807) is 0 Å². The first-order valence-corrected chi connectivity index (χ1v) is 5.82. The number of alkyl halides is 3. The molecule has 1 atom stereocenters. The molecule has 0 saturated carbocycles. The fourth-order valence-electron chi connectivity index (χ4n) is 1.89. The molecular formula is C14H10F5NO. The van der Waals surface area contributed by atoms with Gasteiger partial charge in [0.25, 0.3) is 0 Å². The molecule has 0 aliphatic heterocycles. The second-order valence-electron chi connectivity index (χ2n) is 4.27. The largest absolute Gasteiger partial charge is 0.573 e. The van der Waals surface area contributed by atoms with Gasteiger partial charge in [0.1, 0.15) is 17.4 Å². The van der Waals surface area contributed by atoms with Crippen molar-refractivity contribution in [2.75, 3.05) is 0 Å². The first kappa shape index (κ1) is 15.2. The molecule has 0 fully saturated rings. The SMILES string of the molecule is NC(c1cc(F)cc(F)c1)c1ccccc1OC(F)(F)F. The highest BCUT2D eigenvalue weighted by Gasteiger charge is 2.32. The van der Waals surface area contributed by atoms with Crippen LogP contribution in [0, 0.1) is 11.6 Å². The summed E-state index contributed by atoms with van der Waals surface area (Å²) >= 11 is 0. The standard InChI is InChI=1S/C14H10F5NO/c15-9-5-8(6-10(16)7-9)13(20)11-3-1-2-4-12(11)21-14(17,18)19/h1-7,13H,20H2. The Labute approximate surface area is 116 Å². The fourth-order valence-corrected chi connectivity index (χ4v) is 1.89. The smallest absolute Gasteiger partial charge is 0.405 e. The maximum atomic E-state index is 13.2. The van der Waals surface area contributed by atoms with Gasteiger partial charge >= 0.3 is 6.36 Å². The number of hydrogen-bond acceptors (Lipinski definition) is 2. The Morgan fingerprint density at radius 1 is 0.952 bits per heavy atom. The molecule has 0 bridgehead atoms. The molecule has 0 aromatic heterocycles. The average molecular weight is 303 g/mol. The molecule has 2 rings (SSSR count). The number of nitrogens with two attached hydrogens (primary N) is 1. The molecule has 112 valence electrons. The van der Waals surface area contributed by atoms with Crippen LogP contribution in [0.3, 0.4) is 0 Å². The van der Waals surface area contributed by atoms with Gasteiger partial charge in [0, 0.05) is 11.6 Å². The van der Waals surface area contributed by atoms with Gasteiger partial charge in [0.15, 0.2) is 0 Å². The molecule has 0 radical (unpaired) electrons. The summed E-state index contributed by atoms with van der Waals surface area (Å²) in [7, 11) is 0. The Morgan fingerprint density at radius 3 is 2.10 bits per heavy atom. The minimum Gasteiger partial charge on any atom is -0.405 e. The summed E-state index contributed by atoms with van der Waals surface area (Å²) in [5.74, 6) is -2.24. The van der Waals surface area contributed by atoms with Crippen LogP contribution >= 0.6 is 0 Å². The van der Waals surface area contributed by atoms with Crippen molar-refractivity contribution in [2.45, 2.75) is 12.4 Å². The highest BCUT2D eigenvalue weighted by Crippen LogP contribution is 2.32. The van der Waals surface area contributed by atoms with Gasteiger partial charge in [0.2, 0.25) is 0 Å². The van der Waals surface area contributed by atoms with E-state index in [9.17, 15) is 22.0 Å². The maximum Gasteiger partial charge on any atom is 0.573 e. The Balaban J connectivity index is 2.41. The van der Waals surface area contributed by atoms with E-state index in [1.807, 2.05) is 0 Å². The van der Waals surface area contributed by atoms with Crippen LogP contribution in [0.1, 0.15) is 17.2 Å². The van der Waals surface area contributed by atoms with Crippen molar-refractivity contribution >= 4 is 0 Å². The Hall–Kier alpha value is -2.15. The molecule has 0 aliphatic rings. The van der Waals surface area contributed by atoms with Crippen LogP contribution in [-0.2, 0) is 0 Å². The Bertz CT molecular complexity index is 621. The predicted molar refractivity (Wildman–Crippen MR) is 65.5 cm³/mol. The third-order valence-electron chi connectivity index (χ3n) is 2.72. The zero-order valence-electron chi connectivity index (χ0n) is 10.5. The summed E-state index contributed by atoms with van der Waals surface area (Å²) in [6.45, 7) is 0. The van der Waals surface area contributed by atoms with Gasteiger partial charge in [-0.3, -0.25) is 0 Å². The van der Waals surface area contributed by atoms with E-state index in [-0.39, 0.29) is 11.1 Å². The van der Waals surface area contributed by atoms with Gasteiger partial charge in [-0.25, -0.2) is 8.78 Å². The predicted octanol–water partition coefficient (Wildman–Crippen LogP) is 3.91. The molecule has 0 spiro atoms. The highest BCUT2D eigenvalue weighted by molar-refractivity contribution is 5.41. The molecule has 2 N–H and O–H groups in total. The lowest BCUT2D eigenvalue weighted by molar-refractivity contribution is -0.274. The molecule has 7 heteroatoms. The van der Waals surface area contributed by atoms with Crippen LogP contribution in [0.15, 0.2) is 42.5 Å². The third-order valence-corrected chi connectivity index (χ3v) is 2.72. The molecule has 1 unspecified atom stereocenters. The average Bonchev–Trinajstić information content (AvgIpc) is 2.35. The summed E-state index contributed by atoms with van der Waals surface area (Å²) in [6.07, 6.45) is -4.89. The van der Waals surface area contributed by atoms with Crippen LogP contribution in [0.25, 0.3) is 0 Å². The lowest BCUT2D eigenvalue weighted by atomic mass is 9.98. The van der Waals surface area contributed by atoms with E-state index >= 15 is 0 Å². The van der Waals surface area contributed by atoms with E-state index in [0.29, 0.717) is 6.07 Å². The molecule has 0 saturated heterocycles. The second-order valence-corrected chi connectivity index (χ2v) is 4.27. The Kier molecular flexibility index (Phi) is 4.13. The number of para-hydroxylation sites is 1. The molecule has 0 amide bonds. The van der Waals surface area contributed by atoms with Crippen LogP contribution in [-0.4, -0.2) is 6.36 Å². The summed E-state index contributed by atoms with van der Waals surface area (Å²) < 4.78 is 67.2. The fraction of sp³-hybridized carbons (Fsp3) is 0.143. The molecule has 2 aromatic carbocycles. The molecule has 0 heterocycles. The number of ether oxygens (including phenoxy) is 1. The topological polar surface area (TPSA) is 35.2 Å². The first-order chi connectivity index (χ1) is 9.76. The van der Waals surface area contributed by atoms with E-state index in [1.165, 1.54) is 18.2 Å². The molecule has 0 aliphatic carbocycles. The van der Waals surface area contributed by atoms with E-state index in [2.05, 4.69) is 4.74 Å². The van der Waals surface area contributed by atoms with Gasteiger partial charge in [-0.05, 0) is 23.8 Å². The lowest BCUT2D eigenvalue weighted by Crippen LogP contribution is -2.20. The molecular weight excluding hydrogens is 293 g/mol. The van der Waals surface area contributed by atoms with Crippen LogP contribution in [0.2, 0.25) is 0 Å². The third kappa shape index (κ3) is 3.91. The highest BCUT2D eigenvalue weighted by atomic mass is 19.4. The number of benzene rings is 2. The molecule has 2 nitrogen and oxygen atoms in total. The van der Waals surface area contributed by atoms with Gasteiger partial charge < -0.3 is 10.5 Å². The Morgan fingerprint density at radius 2 is 1.52 bits per heavy atom. The summed E-state index contributed by atoms with van der Waals surface area (Å²) in [6, 6.07) is 6.57. The molecule has 21 heavy (non-hydrogen) atoms. The van der Waals surface area contributed by atoms with Gasteiger partial charge in [-0.15, -0.1) is 13.2 Å². The van der Waals surface area contributed by atoms with E-state index in [0.717, 1.165) is 18.2 Å². The van der Waals surface area contributed by atoms with Crippen molar-refractivity contribution in [3.05, 3.63) is 65.2 Å². The normalized spacial score (nSPS) is 13.0. The van der Waals surface area contributed by atoms with Gasteiger partial charge in [-0.1, -0.05) is 18.2 Å². The van der Waals surface area contributed by atoms with Crippen molar-refractivity contribution in [3.63, 3.8) is 0 Å². The molecule has 2 aromatic rings. The quantitative estimate of drug-likeness (QED) is 0.873. The van der Waals surface area contributed by atoms with Crippen LogP contribution < -0.4 is 10.5 Å². The van der Waals surface area contributed by atoms with Crippen molar-refractivity contribution in [2.24, 2.45) is 5.73 Å². The zero-order chi connectivity index (χ0) is 15.6. The number of hydrogen-bond donors (Lipinski definition) is 1. The lowest BCUT2D eigenvalue weighted by Gasteiger charge is -2.18. The minimum absolute atomic E-state index is 0.00530. The summed E-state index contributed by atoms with van der Waals surface area (Å²) in [5, 5.41) is 0. The zero-order valence-corrected chi connectivity index (χ0v) is 10.5. The summed E-state index contributed by atoms with van der Waals surface area (Å²) in [4.78, 5) is 0. The van der Waals surface area contributed by atoms with Crippen LogP contribution in [0.5, 0.6) is 5.75 Å². The second kappa shape index (κ2) is 5.69. The monoisotopic (exact) mass is 303 g/mol. The number of rotatable bonds is 3. The minimum atomic E-state index is -4.89. The first-order valence-electron chi connectivity index (χ1n) is 5.82. The van der Waals surface area contributed by atoms with Gasteiger partial charge in [-0.2, -0.15) is 0 Å². The van der Waals surface area contributed by atoms with Crippen molar-refractivity contribution in [1.82, 2.24) is 0 Å². The maximum absolute atomic E-state index is 13.2. The van der Waals surface area contributed by atoms with Crippen molar-refractivity contribution < 1.29 is 26.7 Å². The van der Waals surface area contributed by atoms with Crippen molar-refractivity contribution in [1.29, 1.82) is 0 Å². The van der Waals surface area contributed by atoms with E-state index < -0.39 is 29.8 Å². The summed E-state index contributed by atoms with van der Waals surface area (Å²) in [5.41, 5.74) is 5.77.